The monoisotopic (exact) mass is 239 g/mol. The lowest BCUT2D eigenvalue weighted by Gasteiger charge is -2.37. The van der Waals surface area contributed by atoms with Crippen molar-refractivity contribution >= 4 is 5.91 Å². The Morgan fingerprint density at radius 1 is 1.29 bits per heavy atom. The number of rotatable bonds is 4. The van der Waals surface area contributed by atoms with Crippen molar-refractivity contribution in [1.82, 2.24) is 15.1 Å². The van der Waals surface area contributed by atoms with Crippen molar-refractivity contribution in [2.75, 3.05) is 32.7 Å². The van der Waals surface area contributed by atoms with Crippen LogP contribution in [-0.2, 0) is 4.79 Å². The summed E-state index contributed by atoms with van der Waals surface area (Å²) in [6, 6.07) is 0.539. The Balaban J connectivity index is 1.92. The van der Waals surface area contributed by atoms with Crippen LogP contribution in [0.25, 0.3) is 0 Å². The fourth-order valence-corrected chi connectivity index (χ4v) is 3.07. The van der Waals surface area contributed by atoms with Gasteiger partial charge in [-0.15, -0.1) is 0 Å². The Labute approximate surface area is 104 Å². The molecule has 0 aromatic heterocycles. The van der Waals surface area contributed by atoms with E-state index in [4.69, 9.17) is 0 Å². The van der Waals surface area contributed by atoms with Crippen LogP contribution in [0.2, 0.25) is 0 Å². The first-order valence-electron chi connectivity index (χ1n) is 7.02. The highest BCUT2D eigenvalue weighted by Gasteiger charge is 2.36. The third-order valence-electron chi connectivity index (χ3n) is 4.06. The number of likely N-dealkylation sites (tertiary alicyclic amines) is 2. The van der Waals surface area contributed by atoms with Crippen molar-refractivity contribution in [3.8, 4) is 0 Å². The van der Waals surface area contributed by atoms with E-state index in [0.717, 1.165) is 32.6 Å². The van der Waals surface area contributed by atoms with Crippen LogP contribution in [0.5, 0.6) is 0 Å². The first-order valence-corrected chi connectivity index (χ1v) is 7.02. The zero-order valence-corrected chi connectivity index (χ0v) is 11.1. The maximum absolute atomic E-state index is 12.2. The third-order valence-corrected chi connectivity index (χ3v) is 4.06. The average Bonchev–Trinajstić information content (AvgIpc) is 2.72. The molecule has 4 heteroatoms. The topological polar surface area (TPSA) is 35.6 Å². The second-order valence-electron chi connectivity index (χ2n) is 5.12. The molecule has 2 saturated heterocycles. The number of hydrogen-bond acceptors (Lipinski definition) is 3. The maximum Gasteiger partial charge on any atom is 0.240 e. The van der Waals surface area contributed by atoms with Crippen LogP contribution in [-0.4, -0.2) is 60.5 Å². The first kappa shape index (κ1) is 12.8. The third kappa shape index (κ3) is 2.80. The summed E-state index contributed by atoms with van der Waals surface area (Å²) >= 11 is 0. The zero-order valence-electron chi connectivity index (χ0n) is 11.1. The summed E-state index contributed by atoms with van der Waals surface area (Å²) in [5, 5.41) is 3.28. The molecule has 2 rings (SSSR count). The summed E-state index contributed by atoms with van der Waals surface area (Å²) in [5.74, 6) is 0.329. The minimum Gasteiger partial charge on any atom is -0.337 e. The van der Waals surface area contributed by atoms with Gasteiger partial charge < -0.3 is 15.1 Å². The molecular formula is C13H25N3O. The molecule has 0 aliphatic carbocycles. The predicted octanol–water partition coefficient (Wildman–Crippen LogP) is 0.681. The van der Waals surface area contributed by atoms with Crippen LogP contribution in [0.3, 0.4) is 0 Å². The van der Waals surface area contributed by atoms with Crippen LogP contribution in [0, 0.1) is 0 Å². The second kappa shape index (κ2) is 5.83. The van der Waals surface area contributed by atoms with Gasteiger partial charge in [-0.3, -0.25) is 4.79 Å². The Morgan fingerprint density at radius 2 is 2.12 bits per heavy atom. The number of carbonyl (C=O) groups is 1. The van der Waals surface area contributed by atoms with Gasteiger partial charge in [0.2, 0.25) is 5.91 Å². The molecule has 98 valence electrons. The van der Waals surface area contributed by atoms with Gasteiger partial charge in [-0.2, -0.15) is 0 Å². The Kier molecular flexibility index (Phi) is 4.40. The van der Waals surface area contributed by atoms with Gasteiger partial charge in [0.15, 0.2) is 0 Å². The van der Waals surface area contributed by atoms with Gasteiger partial charge in [0.25, 0.3) is 0 Å². The molecule has 0 aromatic carbocycles. The Bertz CT molecular complexity index is 269. The van der Waals surface area contributed by atoms with Crippen molar-refractivity contribution in [3.63, 3.8) is 0 Å². The highest BCUT2D eigenvalue weighted by molar-refractivity contribution is 5.84. The molecule has 2 aliphatic rings. The predicted molar refractivity (Wildman–Crippen MR) is 68.9 cm³/mol. The van der Waals surface area contributed by atoms with Crippen molar-refractivity contribution in [2.45, 2.75) is 45.2 Å². The summed E-state index contributed by atoms with van der Waals surface area (Å²) in [6.07, 6.45) is 3.39. The lowest BCUT2D eigenvalue weighted by molar-refractivity contribution is -0.132. The fraction of sp³-hybridized carbons (Fsp3) is 0.923. The fourth-order valence-electron chi connectivity index (χ4n) is 3.07. The number of nitrogens with zero attached hydrogens (tertiary/aromatic N) is 2. The minimum atomic E-state index is 0.0806. The Hall–Kier alpha value is -0.610. The molecule has 2 aliphatic heterocycles. The van der Waals surface area contributed by atoms with Crippen LogP contribution >= 0.6 is 0 Å². The van der Waals surface area contributed by atoms with Crippen molar-refractivity contribution in [2.24, 2.45) is 0 Å². The van der Waals surface area contributed by atoms with E-state index in [2.05, 4.69) is 29.0 Å². The quantitative estimate of drug-likeness (QED) is 0.784. The van der Waals surface area contributed by atoms with E-state index in [1.807, 2.05) is 0 Å². The summed E-state index contributed by atoms with van der Waals surface area (Å²) in [5.41, 5.74) is 0. The number of nitrogens with one attached hydrogen (secondary N) is 1. The molecule has 17 heavy (non-hydrogen) atoms. The van der Waals surface area contributed by atoms with Gasteiger partial charge >= 0.3 is 0 Å². The molecule has 1 amide bonds. The van der Waals surface area contributed by atoms with Crippen molar-refractivity contribution in [1.29, 1.82) is 0 Å². The van der Waals surface area contributed by atoms with Gasteiger partial charge in [0, 0.05) is 19.1 Å². The minimum absolute atomic E-state index is 0.0806. The van der Waals surface area contributed by atoms with Gasteiger partial charge in [-0.1, -0.05) is 13.8 Å². The highest BCUT2D eigenvalue weighted by Crippen LogP contribution is 2.21. The smallest absolute Gasteiger partial charge is 0.240 e. The molecule has 0 spiro atoms. The first-order chi connectivity index (χ1) is 8.26. The van der Waals surface area contributed by atoms with Gasteiger partial charge in [-0.05, 0) is 38.9 Å². The van der Waals surface area contributed by atoms with E-state index >= 15 is 0 Å². The average molecular weight is 239 g/mol. The van der Waals surface area contributed by atoms with E-state index in [-0.39, 0.29) is 6.04 Å². The summed E-state index contributed by atoms with van der Waals surface area (Å²) < 4.78 is 0. The zero-order chi connectivity index (χ0) is 12.3. The van der Waals surface area contributed by atoms with Gasteiger partial charge in [0.1, 0.15) is 0 Å². The van der Waals surface area contributed by atoms with E-state index < -0.39 is 0 Å². The standard InChI is InChI=1S/C13H25N3O/c1-3-14-12-7-9-16(13(12)17)11-6-5-8-15(4-2)10-11/h11-12,14H,3-10H2,1-2H3. The van der Waals surface area contributed by atoms with E-state index in [9.17, 15) is 4.79 Å². The molecule has 2 heterocycles. The number of hydrogen-bond donors (Lipinski definition) is 1. The lowest BCUT2D eigenvalue weighted by atomic mass is 10.0. The lowest BCUT2D eigenvalue weighted by Crippen LogP contribution is -2.50. The van der Waals surface area contributed by atoms with E-state index in [0.29, 0.717) is 11.9 Å². The van der Waals surface area contributed by atoms with Crippen molar-refractivity contribution < 1.29 is 4.79 Å². The van der Waals surface area contributed by atoms with E-state index in [1.165, 1.54) is 19.4 Å². The molecule has 0 bridgehead atoms. The van der Waals surface area contributed by atoms with Crippen LogP contribution < -0.4 is 5.32 Å². The molecule has 2 unspecified atom stereocenters. The summed E-state index contributed by atoms with van der Waals surface area (Å²) in [6.45, 7) is 9.47. The molecule has 0 aromatic rings. The van der Waals surface area contributed by atoms with E-state index in [1.54, 1.807) is 0 Å². The normalized spacial score (nSPS) is 31.2. The maximum atomic E-state index is 12.2. The number of amides is 1. The highest BCUT2D eigenvalue weighted by atomic mass is 16.2. The molecular weight excluding hydrogens is 214 g/mol. The molecule has 2 fully saturated rings. The van der Waals surface area contributed by atoms with Crippen molar-refractivity contribution in [3.05, 3.63) is 0 Å². The molecule has 4 nitrogen and oxygen atoms in total. The molecule has 0 radical (unpaired) electrons. The number of piperidine rings is 1. The summed E-state index contributed by atoms with van der Waals surface area (Å²) in [7, 11) is 0. The van der Waals surface area contributed by atoms with Crippen LogP contribution in [0.1, 0.15) is 33.1 Å². The molecule has 2 atom stereocenters. The van der Waals surface area contributed by atoms with Gasteiger partial charge in [-0.25, -0.2) is 0 Å². The number of carbonyl (C=O) groups excluding carboxylic acids is 1. The SMILES string of the molecule is CCNC1CCN(C2CCCN(CC)C2)C1=O. The van der Waals surface area contributed by atoms with Gasteiger partial charge in [0.05, 0.1) is 6.04 Å². The summed E-state index contributed by atoms with van der Waals surface area (Å²) in [4.78, 5) is 16.8. The number of likely N-dealkylation sites (N-methyl/N-ethyl adjacent to an activating group) is 2. The second-order valence-corrected chi connectivity index (χ2v) is 5.12. The Morgan fingerprint density at radius 3 is 2.82 bits per heavy atom. The largest absolute Gasteiger partial charge is 0.337 e. The molecule has 0 saturated carbocycles. The van der Waals surface area contributed by atoms with Crippen LogP contribution in [0.4, 0.5) is 0 Å². The van der Waals surface area contributed by atoms with Crippen LogP contribution in [0.15, 0.2) is 0 Å². The molecule has 1 N–H and O–H groups in total.